The van der Waals surface area contributed by atoms with E-state index in [1.54, 1.807) is 0 Å². The van der Waals surface area contributed by atoms with Crippen LogP contribution in [0.4, 0.5) is 0 Å². The Morgan fingerprint density at radius 2 is 1.83 bits per heavy atom. The monoisotopic (exact) mass is 168 g/mol. The molecule has 0 aromatic heterocycles. The molecule has 70 valence electrons. The molecule has 0 fully saturated rings. The van der Waals surface area contributed by atoms with Crippen LogP contribution in [0.15, 0.2) is 12.2 Å². The molecule has 1 atom stereocenters. The highest BCUT2D eigenvalue weighted by Gasteiger charge is 2.07. The van der Waals surface area contributed by atoms with Crippen molar-refractivity contribution in [2.24, 2.45) is 11.8 Å². The third kappa shape index (κ3) is 5.11. The van der Waals surface area contributed by atoms with Crippen molar-refractivity contribution in [1.82, 2.24) is 0 Å². The molecule has 0 rings (SSSR count). The third-order valence-corrected chi connectivity index (χ3v) is 2.17. The maximum Gasteiger partial charge on any atom is 0.160 e. The lowest BCUT2D eigenvalue weighted by Crippen LogP contribution is -2.15. The van der Waals surface area contributed by atoms with Crippen molar-refractivity contribution in [2.75, 3.05) is 13.6 Å². The molecule has 0 heterocycles. The predicted octanol–water partition coefficient (Wildman–Crippen LogP) is 2.57. The number of nitrogens with zero attached hydrogens (tertiary/aromatic N) is 1. The standard InChI is InChI=1S/C11H22N/c1-6-7-8-12(5)9-11(4)10(2)3/h6-7,9-11H,8H2,1-5H3/q+1/b7-6-,12-9+. The van der Waals surface area contributed by atoms with Crippen LogP contribution in [-0.2, 0) is 0 Å². The molecule has 0 aliphatic carbocycles. The van der Waals surface area contributed by atoms with Crippen molar-refractivity contribution >= 4 is 6.21 Å². The highest BCUT2D eigenvalue weighted by molar-refractivity contribution is 5.54. The van der Waals surface area contributed by atoms with E-state index in [2.05, 4.69) is 57.7 Å². The normalized spacial score (nSPS) is 16.0. The molecule has 0 aromatic rings. The number of hydrogen-bond donors (Lipinski definition) is 0. The molecule has 0 amide bonds. The lowest BCUT2D eigenvalue weighted by molar-refractivity contribution is -0.483. The van der Waals surface area contributed by atoms with Gasteiger partial charge in [0.2, 0.25) is 0 Å². The van der Waals surface area contributed by atoms with Gasteiger partial charge >= 0.3 is 0 Å². The van der Waals surface area contributed by atoms with E-state index in [0.29, 0.717) is 5.92 Å². The van der Waals surface area contributed by atoms with Crippen LogP contribution in [-0.4, -0.2) is 24.4 Å². The van der Waals surface area contributed by atoms with E-state index in [9.17, 15) is 0 Å². The molecule has 0 bridgehead atoms. The van der Waals surface area contributed by atoms with Crippen LogP contribution in [0.2, 0.25) is 0 Å². The number of hydrogen-bond acceptors (Lipinski definition) is 0. The van der Waals surface area contributed by atoms with E-state index < -0.39 is 0 Å². The van der Waals surface area contributed by atoms with E-state index in [1.807, 2.05) is 0 Å². The highest BCUT2D eigenvalue weighted by atomic mass is 14.9. The van der Waals surface area contributed by atoms with Gasteiger partial charge in [0.25, 0.3) is 0 Å². The van der Waals surface area contributed by atoms with Crippen LogP contribution in [0, 0.1) is 11.8 Å². The van der Waals surface area contributed by atoms with Crippen molar-refractivity contribution in [3.05, 3.63) is 12.2 Å². The van der Waals surface area contributed by atoms with Crippen LogP contribution in [0.25, 0.3) is 0 Å². The van der Waals surface area contributed by atoms with Gasteiger partial charge in [-0.3, -0.25) is 0 Å². The Morgan fingerprint density at radius 1 is 1.25 bits per heavy atom. The first-order valence-corrected chi connectivity index (χ1v) is 4.74. The Balaban J connectivity index is 3.97. The fourth-order valence-electron chi connectivity index (χ4n) is 0.906. The van der Waals surface area contributed by atoms with Crippen LogP contribution >= 0.6 is 0 Å². The maximum atomic E-state index is 2.30. The van der Waals surface area contributed by atoms with E-state index in [1.165, 1.54) is 0 Å². The second-order valence-electron chi connectivity index (χ2n) is 3.76. The summed E-state index contributed by atoms with van der Waals surface area (Å²) in [5, 5.41) is 0. The van der Waals surface area contributed by atoms with Crippen molar-refractivity contribution in [3.63, 3.8) is 0 Å². The molecule has 0 N–H and O–H groups in total. The zero-order chi connectivity index (χ0) is 9.56. The van der Waals surface area contributed by atoms with Crippen LogP contribution < -0.4 is 0 Å². The number of likely N-dealkylation sites (N-methyl/N-ethyl adjacent to an activating group) is 1. The minimum atomic E-state index is 0.667. The summed E-state index contributed by atoms with van der Waals surface area (Å²) in [5.41, 5.74) is 0. The van der Waals surface area contributed by atoms with Gasteiger partial charge in [0.05, 0.1) is 0 Å². The molecule has 0 radical (unpaired) electrons. The summed E-state index contributed by atoms with van der Waals surface area (Å²) in [6, 6.07) is 0. The average Bonchev–Trinajstić information content (AvgIpc) is 2.00. The molecule has 1 unspecified atom stereocenters. The Kier molecular flexibility index (Phi) is 5.69. The fraction of sp³-hybridized carbons (Fsp3) is 0.727. The SMILES string of the molecule is C/C=C\C/[N+](C)=C/C(C)C(C)C. The molecule has 0 aliphatic heterocycles. The topological polar surface area (TPSA) is 3.01 Å². The summed E-state index contributed by atoms with van der Waals surface area (Å²) < 4.78 is 2.24. The van der Waals surface area contributed by atoms with E-state index >= 15 is 0 Å². The zero-order valence-corrected chi connectivity index (χ0v) is 9.04. The molecule has 1 heteroatoms. The molecule has 0 spiro atoms. The van der Waals surface area contributed by atoms with Gasteiger partial charge in [0.1, 0.15) is 13.3 Å². The van der Waals surface area contributed by atoms with Gasteiger partial charge in [0.15, 0.2) is 6.54 Å². The first-order chi connectivity index (χ1) is 5.57. The summed E-state index contributed by atoms with van der Waals surface area (Å²) in [5.74, 6) is 1.40. The van der Waals surface area contributed by atoms with Crippen LogP contribution in [0.3, 0.4) is 0 Å². The lowest BCUT2D eigenvalue weighted by Gasteiger charge is -2.07. The van der Waals surface area contributed by atoms with E-state index in [4.69, 9.17) is 0 Å². The predicted molar refractivity (Wildman–Crippen MR) is 55.9 cm³/mol. The molecule has 0 saturated heterocycles. The molecule has 1 nitrogen and oxygen atoms in total. The first-order valence-electron chi connectivity index (χ1n) is 4.74. The molecule has 0 saturated carbocycles. The fourth-order valence-corrected chi connectivity index (χ4v) is 0.906. The summed E-state index contributed by atoms with van der Waals surface area (Å²) in [7, 11) is 2.12. The highest BCUT2D eigenvalue weighted by Crippen LogP contribution is 2.05. The van der Waals surface area contributed by atoms with Crippen molar-refractivity contribution in [2.45, 2.75) is 27.7 Å². The summed E-state index contributed by atoms with van der Waals surface area (Å²) in [4.78, 5) is 0. The number of allylic oxidation sites excluding steroid dienone is 1. The zero-order valence-electron chi connectivity index (χ0n) is 9.04. The number of rotatable bonds is 4. The second-order valence-corrected chi connectivity index (χ2v) is 3.76. The Labute approximate surface area is 76.8 Å². The largest absolute Gasteiger partial charge is 0.238 e. The van der Waals surface area contributed by atoms with E-state index in [0.717, 1.165) is 12.5 Å². The molecular weight excluding hydrogens is 146 g/mol. The smallest absolute Gasteiger partial charge is 0.160 e. The second kappa shape index (κ2) is 5.99. The van der Waals surface area contributed by atoms with Gasteiger partial charge in [-0.1, -0.05) is 26.8 Å². The van der Waals surface area contributed by atoms with Gasteiger partial charge in [-0.2, -0.15) is 0 Å². The average molecular weight is 168 g/mol. The maximum absolute atomic E-state index is 2.30. The first kappa shape index (κ1) is 11.4. The molecular formula is C11H22N+. The molecule has 12 heavy (non-hydrogen) atoms. The quantitative estimate of drug-likeness (QED) is 0.345. The van der Waals surface area contributed by atoms with Crippen molar-refractivity contribution in [1.29, 1.82) is 0 Å². The summed E-state index contributed by atoms with van der Waals surface area (Å²) >= 11 is 0. The third-order valence-electron chi connectivity index (χ3n) is 2.17. The van der Waals surface area contributed by atoms with Crippen LogP contribution in [0.1, 0.15) is 27.7 Å². The van der Waals surface area contributed by atoms with Crippen molar-refractivity contribution < 1.29 is 4.58 Å². The van der Waals surface area contributed by atoms with Gasteiger partial charge in [0, 0.05) is 5.92 Å². The Bertz CT molecular complexity index is 166. The lowest BCUT2D eigenvalue weighted by atomic mass is 10.00. The minimum Gasteiger partial charge on any atom is -0.238 e. The summed E-state index contributed by atoms with van der Waals surface area (Å²) in [6.45, 7) is 9.85. The molecule has 0 aliphatic rings. The van der Waals surface area contributed by atoms with Gasteiger partial charge in [-0.25, -0.2) is 4.58 Å². The van der Waals surface area contributed by atoms with E-state index in [-0.39, 0.29) is 0 Å². The Hall–Kier alpha value is -0.590. The summed E-state index contributed by atoms with van der Waals surface area (Å²) in [6.07, 6.45) is 6.55. The van der Waals surface area contributed by atoms with Gasteiger partial charge < -0.3 is 0 Å². The minimum absolute atomic E-state index is 0.667. The van der Waals surface area contributed by atoms with Gasteiger partial charge in [-0.05, 0) is 18.9 Å². The molecule has 0 aromatic carbocycles. The van der Waals surface area contributed by atoms with Gasteiger partial charge in [-0.15, -0.1) is 0 Å². The Morgan fingerprint density at radius 3 is 2.25 bits per heavy atom. The van der Waals surface area contributed by atoms with Crippen LogP contribution in [0.5, 0.6) is 0 Å². The van der Waals surface area contributed by atoms with Crippen molar-refractivity contribution in [3.8, 4) is 0 Å².